The Hall–Kier alpha value is -7.50. The van der Waals surface area contributed by atoms with Gasteiger partial charge in [-0.25, -0.2) is 0 Å². The number of benzene rings is 9. The second-order valence-corrected chi connectivity index (χ2v) is 16.3. The van der Waals surface area contributed by atoms with Crippen molar-refractivity contribution in [2.45, 2.75) is 39.5 Å². The summed E-state index contributed by atoms with van der Waals surface area (Å²) in [5.41, 5.74) is 24.9. The van der Waals surface area contributed by atoms with Crippen molar-refractivity contribution in [1.29, 1.82) is 0 Å². The summed E-state index contributed by atoms with van der Waals surface area (Å²) in [5.74, 6) is 4.78. The van der Waals surface area contributed by atoms with Gasteiger partial charge in [-0.1, -0.05) is 97.1 Å². The highest BCUT2D eigenvalue weighted by atomic mass is 16.5. The van der Waals surface area contributed by atoms with E-state index in [4.69, 9.17) is 25.7 Å². The third kappa shape index (κ3) is 6.98. The molecule has 298 valence electrons. The fraction of sp³-hybridized carbons (Fsp3) is 0.107. The summed E-state index contributed by atoms with van der Waals surface area (Å²) >= 11 is 0. The minimum atomic E-state index is -0.0847. The smallest absolute Gasteiger partial charge is 0.132 e. The van der Waals surface area contributed by atoms with Crippen LogP contribution in [0.4, 0.5) is 11.4 Å². The lowest BCUT2D eigenvalue weighted by Crippen LogP contribution is -2.13. The fourth-order valence-corrected chi connectivity index (χ4v) is 9.12. The molecule has 0 aromatic heterocycles. The lowest BCUT2D eigenvalue weighted by molar-refractivity contribution is 0.456. The van der Waals surface area contributed by atoms with Crippen molar-refractivity contribution in [3.8, 4) is 34.5 Å². The maximum Gasteiger partial charge on any atom is 0.132 e. The van der Waals surface area contributed by atoms with E-state index in [1.165, 1.54) is 54.9 Å². The number of fused-ring (bicyclic) bond motifs is 6. The molecule has 5 heteroatoms. The number of ether oxygens (including phenoxy) is 3. The number of anilines is 2. The third-order valence-electron chi connectivity index (χ3n) is 12.2. The lowest BCUT2D eigenvalue weighted by atomic mass is 9.76. The first kappa shape index (κ1) is 37.7. The zero-order chi connectivity index (χ0) is 41.8. The molecule has 0 fully saturated rings. The van der Waals surface area contributed by atoms with Gasteiger partial charge in [0.05, 0.1) is 0 Å². The summed E-state index contributed by atoms with van der Waals surface area (Å²) in [6.07, 6.45) is 0. The minimum absolute atomic E-state index is 0.0500. The molecule has 0 bridgehead atoms. The molecule has 1 heterocycles. The van der Waals surface area contributed by atoms with E-state index in [0.29, 0.717) is 11.4 Å². The Balaban J connectivity index is 1.12. The van der Waals surface area contributed by atoms with Gasteiger partial charge in [-0.15, -0.1) is 0 Å². The predicted octanol–water partition coefficient (Wildman–Crippen LogP) is 14.4. The monoisotopic (exact) mass is 794 g/mol. The molecule has 0 saturated heterocycles. The molecule has 0 saturated carbocycles. The Kier molecular flexibility index (Phi) is 9.45. The average molecular weight is 795 g/mol. The molecule has 0 atom stereocenters. The van der Waals surface area contributed by atoms with Crippen molar-refractivity contribution in [2.24, 2.45) is 0 Å². The lowest BCUT2D eigenvalue weighted by Gasteiger charge is -2.31. The van der Waals surface area contributed by atoms with Crippen LogP contribution in [0.1, 0.15) is 67.5 Å². The van der Waals surface area contributed by atoms with Gasteiger partial charge >= 0.3 is 0 Å². The number of nitrogen functional groups attached to an aromatic ring is 2. The van der Waals surface area contributed by atoms with Gasteiger partial charge in [-0.2, -0.15) is 0 Å². The SMILES string of the molecule is Cc1cc(C(c2ccc(C3c4c(ccc5ccccc45)Oc4ccc5ccccc5c43)cc2)c2cc(C)c(Oc3ccc(N)cc3)cc2C)c(C)cc1Oc1ccc(N)cc1. The molecular weight excluding hydrogens is 749 g/mol. The van der Waals surface area contributed by atoms with Gasteiger partial charge in [0, 0.05) is 34.3 Å². The standard InChI is InChI=1S/C56H46N2O3/c1-33-31-51(59-43-23-19-41(57)20-24-43)35(3)29-47(33)53(48-30-36(4)52(32-34(48)2)60-44-25-21-42(58)22-26-44)39-13-15-40(16-14-39)54-55-45-11-7-5-9-37(45)17-27-49(55)61-50-28-18-38-10-6-8-12-46(38)56(50)54/h5-32,53-54H,57-58H2,1-4H3. The Morgan fingerprint density at radius 1 is 0.459 bits per heavy atom. The van der Waals surface area contributed by atoms with Crippen LogP contribution < -0.4 is 25.7 Å². The zero-order valence-electron chi connectivity index (χ0n) is 34.7. The maximum absolute atomic E-state index is 6.74. The van der Waals surface area contributed by atoms with E-state index in [1.54, 1.807) is 0 Å². The Morgan fingerprint density at radius 3 is 1.36 bits per heavy atom. The van der Waals surface area contributed by atoms with E-state index in [9.17, 15) is 0 Å². The summed E-state index contributed by atoms with van der Waals surface area (Å²) in [6, 6.07) is 59.1. The summed E-state index contributed by atoms with van der Waals surface area (Å²) in [4.78, 5) is 0. The van der Waals surface area contributed by atoms with E-state index in [2.05, 4.69) is 149 Å². The number of hydrogen-bond acceptors (Lipinski definition) is 5. The molecule has 9 aromatic rings. The molecular formula is C56H46N2O3. The zero-order valence-corrected chi connectivity index (χ0v) is 34.7. The molecule has 1 aliphatic heterocycles. The second-order valence-electron chi connectivity index (χ2n) is 16.3. The first-order valence-corrected chi connectivity index (χ1v) is 20.8. The Bertz CT molecular complexity index is 2930. The minimum Gasteiger partial charge on any atom is -0.457 e. The molecule has 0 amide bonds. The van der Waals surface area contributed by atoms with Crippen LogP contribution in [0.25, 0.3) is 21.5 Å². The van der Waals surface area contributed by atoms with Crippen LogP contribution >= 0.6 is 0 Å². The van der Waals surface area contributed by atoms with Gasteiger partial charge in [0.25, 0.3) is 0 Å². The molecule has 1 aliphatic rings. The van der Waals surface area contributed by atoms with Crippen LogP contribution in [0, 0.1) is 27.7 Å². The van der Waals surface area contributed by atoms with Gasteiger partial charge in [0.1, 0.15) is 34.5 Å². The van der Waals surface area contributed by atoms with Crippen molar-refractivity contribution >= 4 is 32.9 Å². The highest BCUT2D eigenvalue weighted by Crippen LogP contribution is 2.52. The Morgan fingerprint density at radius 2 is 0.902 bits per heavy atom. The summed E-state index contributed by atoms with van der Waals surface area (Å²) in [7, 11) is 0. The molecule has 0 radical (unpaired) electrons. The number of nitrogens with two attached hydrogens (primary N) is 2. The molecule has 0 aliphatic carbocycles. The van der Waals surface area contributed by atoms with Gasteiger partial charge in [-0.3, -0.25) is 0 Å². The number of hydrogen-bond donors (Lipinski definition) is 2. The van der Waals surface area contributed by atoms with Gasteiger partial charge in [0.2, 0.25) is 0 Å². The van der Waals surface area contributed by atoms with Crippen LogP contribution in [0.2, 0.25) is 0 Å². The summed E-state index contributed by atoms with van der Waals surface area (Å²) in [5, 5.41) is 4.79. The largest absolute Gasteiger partial charge is 0.457 e. The maximum atomic E-state index is 6.74. The molecule has 0 spiro atoms. The first-order chi connectivity index (χ1) is 29.7. The molecule has 4 N–H and O–H groups in total. The van der Waals surface area contributed by atoms with Gasteiger partial charge in [-0.05, 0) is 167 Å². The van der Waals surface area contributed by atoms with E-state index in [0.717, 1.165) is 56.8 Å². The van der Waals surface area contributed by atoms with Crippen molar-refractivity contribution in [3.63, 3.8) is 0 Å². The van der Waals surface area contributed by atoms with E-state index < -0.39 is 0 Å². The normalized spacial score (nSPS) is 12.3. The van der Waals surface area contributed by atoms with Gasteiger partial charge < -0.3 is 25.7 Å². The summed E-state index contributed by atoms with van der Waals surface area (Å²) in [6.45, 7) is 8.59. The van der Waals surface area contributed by atoms with Crippen molar-refractivity contribution in [3.05, 3.63) is 225 Å². The molecule has 0 unspecified atom stereocenters. The van der Waals surface area contributed by atoms with Crippen LogP contribution in [-0.2, 0) is 0 Å². The first-order valence-electron chi connectivity index (χ1n) is 20.8. The van der Waals surface area contributed by atoms with Crippen LogP contribution in [0.3, 0.4) is 0 Å². The quantitative estimate of drug-likeness (QED) is 0.118. The van der Waals surface area contributed by atoms with E-state index >= 15 is 0 Å². The Labute approximate surface area is 356 Å². The van der Waals surface area contributed by atoms with Gasteiger partial charge in [0.15, 0.2) is 0 Å². The molecule has 61 heavy (non-hydrogen) atoms. The second kappa shape index (κ2) is 15.3. The number of rotatable bonds is 8. The molecule has 10 rings (SSSR count). The topological polar surface area (TPSA) is 79.7 Å². The van der Waals surface area contributed by atoms with Crippen LogP contribution in [0.15, 0.2) is 170 Å². The predicted molar refractivity (Wildman–Crippen MR) is 250 cm³/mol. The van der Waals surface area contributed by atoms with Crippen LogP contribution in [0.5, 0.6) is 34.5 Å². The van der Waals surface area contributed by atoms with Crippen molar-refractivity contribution in [1.82, 2.24) is 0 Å². The van der Waals surface area contributed by atoms with Crippen molar-refractivity contribution < 1.29 is 14.2 Å². The molecule has 5 nitrogen and oxygen atoms in total. The highest BCUT2D eigenvalue weighted by Gasteiger charge is 2.33. The average Bonchev–Trinajstić information content (AvgIpc) is 3.27. The number of aryl methyl sites for hydroxylation is 4. The van der Waals surface area contributed by atoms with Crippen molar-refractivity contribution in [2.75, 3.05) is 11.5 Å². The third-order valence-corrected chi connectivity index (χ3v) is 12.2. The van der Waals surface area contributed by atoms with E-state index in [1.807, 2.05) is 48.5 Å². The van der Waals surface area contributed by atoms with E-state index in [-0.39, 0.29) is 11.8 Å². The highest BCUT2D eigenvalue weighted by molar-refractivity contribution is 5.95. The molecule has 9 aromatic carbocycles. The fourth-order valence-electron chi connectivity index (χ4n) is 9.12. The summed E-state index contributed by atoms with van der Waals surface area (Å²) < 4.78 is 19.6. The van der Waals surface area contributed by atoms with Crippen LogP contribution in [-0.4, -0.2) is 0 Å².